The first-order valence-corrected chi connectivity index (χ1v) is 10.2. The number of rotatable bonds is 8. The van der Waals surface area contributed by atoms with Crippen LogP contribution in [0.1, 0.15) is 24.2 Å². The number of hydroxylamine groups is 1. The Labute approximate surface area is 188 Å². The molecule has 0 saturated carbocycles. The van der Waals surface area contributed by atoms with Gasteiger partial charge in [-0.05, 0) is 72.8 Å². The van der Waals surface area contributed by atoms with E-state index < -0.39 is 24.2 Å². The Morgan fingerprint density at radius 2 is 1.90 bits per heavy atom. The molecule has 0 aliphatic carbocycles. The van der Waals surface area contributed by atoms with Crippen LogP contribution >= 0.6 is 22.6 Å². The highest BCUT2D eigenvalue weighted by Crippen LogP contribution is 2.33. The summed E-state index contributed by atoms with van der Waals surface area (Å²) in [6.45, 7) is 3.92. The second-order valence-corrected chi connectivity index (χ2v) is 7.52. The summed E-state index contributed by atoms with van der Waals surface area (Å²) in [4.78, 5) is 24.0. The lowest BCUT2D eigenvalue weighted by atomic mass is 10.0. The first-order chi connectivity index (χ1) is 14.3. The van der Waals surface area contributed by atoms with Gasteiger partial charge in [-0.25, -0.2) is 10.3 Å². The van der Waals surface area contributed by atoms with Crippen LogP contribution in [0.15, 0.2) is 54.6 Å². The van der Waals surface area contributed by atoms with Crippen molar-refractivity contribution in [2.24, 2.45) is 0 Å². The van der Waals surface area contributed by atoms with Crippen molar-refractivity contribution in [1.82, 2.24) is 5.48 Å². The van der Waals surface area contributed by atoms with Crippen LogP contribution in [0.5, 0.6) is 5.75 Å². The number of ether oxygens (including phenoxy) is 2. The van der Waals surface area contributed by atoms with Gasteiger partial charge in [0.2, 0.25) is 0 Å². The van der Waals surface area contributed by atoms with E-state index >= 15 is 0 Å². The van der Waals surface area contributed by atoms with Crippen LogP contribution in [-0.4, -0.2) is 35.0 Å². The van der Waals surface area contributed by atoms with E-state index in [9.17, 15) is 14.7 Å². The standard InChI is InChI=1S/C21H23IN2O6/c1-3-29-18(10-11-19(26)24-28)20(16-12-14(22)6-9-17(16)25)30-21(27)23-15-7-4-13(2)5-8-15/h4-12,18,20,25,28H,3H2,1-2H3,(H,23,27)(H,24,26)/b11-10+/t18-,20-/m0/s1. The fourth-order valence-electron chi connectivity index (χ4n) is 2.62. The van der Waals surface area contributed by atoms with Crippen molar-refractivity contribution < 1.29 is 29.4 Å². The number of hydrogen-bond donors (Lipinski definition) is 4. The molecule has 0 spiro atoms. The number of anilines is 1. The number of phenols is 1. The predicted molar refractivity (Wildman–Crippen MR) is 119 cm³/mol. The molecule has 0 aromatic heterocycles. The summed E-state index contributed by atoms with van der Waals surface area (Å²) in [5.41, 5.74) is 3.38. The van der Waals surface area contributed by atoms with E-state index in [2.05, 4.69) is 27.9 Å². The van der Waals surface area contributed by atoms with Crippen molar-refractivity contribution in [3.8, 4) is 5.75 Å². The summed E-state index contributed by atoms with van der Waals surface area (Å²) in [6.07, 6.45) is -0.322. The Morgan fingerprint density at radius 3 is 2.53 bits per heavy atom. The highest BCUT2D eigenvalue weighted by molar-refractivity contribution is 14.1. The van der Waals surface area contributed by atoms with Gasteiger partial charge in [0.05, 0.1) is 0 Å². The molecular weight excluding hydrogens is 503 g/mol. The smallest absolute Gasteiger partial charge is 0.412 e. The van der Waals surface area contributed by atoms with Crippen LogP contribution in [0.25, 0.3) is 0 Å². The minimum Gasteiger partial charge on any atom is -0.508 e. The van der Waals surface area contributed by atoms with E-state index in [0.717, 1.165) is 15.2 Å². The minimum atomic E-state index is -1.06. The third-order valence-electron chi connectivity index (χ3n) is 4.03. The van der Waals surface area contributed by atoms with Crippen molar-refractivity contribution in [3.63, 3.8) is 0 Å². The predicted octanol–water partition coefficient (Wildman–Crippen LogP) is 4.06. The first kappa shape index (κ1) is 23.6. The van der Waals surface area contributed by atoms with Crippen LogP contribution in [-0.2, 0) is 14.3 Å². The maximum absolute atomic E-state index is 12.6. The molecule has 4 N–H and O–H groups in total. The Kier molecular flexibility index (Phi) is 9.09. The molecule has 30 heavy (non-hydrogen) atoms. The number of nitrogens with one attached hydrogen (secondary N) is 2. The second kappa shape index (κ2) is 11.5. The molecule has 0 bridgehead atoms. The lowest BCUT2D eigenvalue weighted by molar-refractivity contribution is -0.124. The summed E-state index contributed by atoms with van der Waals surface area (Å²) >= 11 is 2.07. The van der Waals surface area contributed by atoms with Crippen molar-refractivity contribution in [2.75, 3.05) is 11.9 Å². The minimum absolute atomic E-state index is 0.0896. The quantitative estimate of drug-likeness (QED) is 0.179. The summed E-state index contributed by atoms with van der Waals surface area (Å²) in [7, 11) is 0. The fraction of sp³-hybridized carbons (Fsp3) is 0.238. The third-order valence-corrected chi connectivity index (χ3v) is 4.70. The summed E-state index contributed by atoms with van der Waals surface area (Å²) < 4.78 is 12.1. The van der Waals surface area contributed by atoms with Crippen molar-refractivity contribution in [2.45, 2.75) is 26.1 Å². The summed E-state index contributed by atoms with van der Waals surface area (Å²) in [6, 6.07) is 12.0. The first-order valence-electron chi connectivity index (χ1n) is 9.10. The molecule has 0 saturated heterocycles. The zero-order valence-electron chi connectivity index (χ0n) is 16.5. The molecule has 2 rings (SSSR count). The number of carbonyl (C=O) groups is 2. The van der Waals surface area contributed by atoms with Crippen molar-refractivity contribution in [3.05, 3.63) is 69.3 Å². The molecule has 0 radical (unpaired) electrons. The van der Waals surface area contributed by atoms with Crippen molar-refractivity contribution in [1.29, 1.82) is 0 Å². The molecule has 2 amide bonds. The van der Waals surface area contributed by atoms with Crippen LogP contribution in [0.3, 0.4) is 0 Å². The molecule has 0 unspecified atom stereocenters. The van der Waals surface area contributed by atoms with E-state index in [4.69, 9.17) is 14.7 Å². The Hall–Kier alpha value is -2.63. The van der Waals surface area contributed by atoms with Crippen LogP contribution < -0.4 is 10.8 Å². The van der Waals surface area contributed by atoms with Crippen LogP contribution in [0, 0.1) is 10.5 Å². The summed E-state index contributed by atoms with van der Waals surface area (Å²) in [5, 5.41) is 21.7. The number of carbonyl (C=O) groups excluding carboxylic acids is 2. The molecule has 0 aliphatic rings. The van der Waals surface area contributed by atoms with Gasteiger partial charge in [0.1, 0.15) is 11.9 Å². The molecule has 2 aromatic rings. The van der Waals surface area contributed by atoms with Crippen LogP contribution in [0.4, 0.5) is 10.5 Å². The van der Waals surface area contributed by atoms with Gasteiger partial charge in [0.25, 0.3) is 5.91 Å². The number of amides is 2. The van der Waals surface area contributed by atoms with Gasteiger partial charge in [-0.1, -0.05) is 17.7 Å². The van der Waals surface area contributed by atoms with Crippen LogP contribution in [0.2, 0.25) is 0 Å². The molecule has 8 nitrogen and oxygen atoms in total. The Balaban J connectivity index is 2.34. The van der Waals surface area contributed by atoms with E-state index in [1.54, 1.807) is 31.2 Å². The zero-order valence-corrected chi connectivity index (χ0v) is 18.6. The molecule has 0 aliphatic heterocycles. The molecule has 0 fully saturated rings. The summed E-state index contributed by atoms with van der Waals surface area (Å²) in [5.74, 6) is -0.859. The second-order valence-electron chi connectivity index (χ2n) is 6.28. The SMILES string of the molecule is CCO[C@@H](/C=C/C(=O)NO)[C@@H](OC(=O)Nc1ccc(C)cc1)c1cc(I)ccc1O. The molecule has 0 heterocycles. The normalized spacial score (nSPS) is 12.9. The van der Waals surface area contributed by atoms with Gasteiger partial charge in [0, 0.05) is 27.5 Å². The zero-order chi connectivity index (χ0) is 22.1. The van der Waals surface area contributed by atoms with Gasteiger partial charge >= 0.3 is 6.09 Å². The topological polar surface area (TPSA) is 117 Å². The maximum atomic E-state index is 12.6. The lowest BCUT2D eigenvalue weighted by Crippen LogP contribution is -2.28. The third kappa shape index (κ3) is 7.01. The van der Waals surface area contributed by atoms with E-state index in [1.165, 1.54) is 17.6 Å². The molecular formula is C21H23IN2O6. The number of halogens is 1. The molecule has 2 atom stereocenters. The average Bonchev–Trinajstić information content (AvgIpc) is 2.73. The Morgan fingerprint density at radius 1 is 1.20 bits per heavy atom. The van der Waals surface area contributed by atoms with Crippen molar-refractivity contribution >= 4 is 40.3 Å². The van der Waals surface area contributed by atoms with E-state index in [0.29, 0.717) is 11.3 Å². The molecule has 160 valence electrons. The highest BCUT2D eigenvalue weighted by Gasteiger charge is 2.29. The van der Waals surface area contributed by atoms with E-state index in [1.807, 2.05) is 19.1 Å². The number of hydrogen-bond acceptors (Lipinski definition) is 6. The van der Waals surface area contributed by atoms with Gasteiger partial charge in [0.15, 0.2) is 6.10 Å². The average molecular weight is 526 g/mol. The monoisotopic (exact) mass is 526 g/mol. The number of aromatic hydroxyl groups is 1. The molecule has 2 aromatic carbocycles. The maximum Gasteiger partial charge on any atom is 0.412 e. The van der Waals surface area contributed by atoms with Gasteiger partial charge in [-0.15, -0.1) is 0 Å². The van der Waals surface area contributed by atoms with E-state index in [-0.39, 0.29) is 12.4 Å². The number of phenolic OH excluding ortho intramolecular Hbond substituents is 1. The van der Waals surface area contributed by atoms with Gasteiger partial charge in [-0.3, -0.25) is 15.3 Å². The fourth-order valence-corrected chi connectivity index (χ4v) is 3.13. The lowest BCUT2D eigenvalue weighted by Gasteiger charge is -2.26. The largest absolute Gasteiger partial charge is 0.508 e. The van der Waals surface area contributed by atoms with Gasteiger partial charge in [-0.2, -0.15) is 0 Å². The molecule has 9 heteroatoms. The highest BCUT2D eigenvalue weighted by atomic mass is 127. The van der Waals surface area contributed by atoms with Gasteiger partial charge < -0.3 is 14.6 Å². The Bertz CT molecular complexity index is 901. The number of benzene rings is 2. The number of aryl methyl sites for hydroxylation is 1.